The van der Waals surface area contributed by atoms with Crippen molar-refractivity contribution >= 4 is 61.0 Å². The average molecular weight is 823 g/mol. The van der Waals surface area contributed by atoms with Gasteiger partial charge in [0.2, 0.25) is 5.95 Å². The number of benzene rings is 1. The monoisotopic (exact) mass is 822 g/mol. The number of aromatic nitrogens is 4. The molecule has 1 aromatic carbocycles. The summed E-state index contributed by atoms with van der Waals surface area (Å²) in [5.41, 5.74) is 9.19. The molecule has 0 aliphatic carbocycles. The largest absolute Gasteiger partial charge is 0.468 e. The number of aliphatic hydroxyl groups is 1. The molecule has 0 aliphatic rings. The van der Waals surface area contributed by atoms with Gasteiger partial charge in [0.15, 0.2) is 17.0 Å². The Hall–Kier alpha value is -3.15. The third-order valence-electron chi connectivity index (χ3n) is 7.04. The van der Waals surface area contributed by atoms with Gasteiger partial charge in [-0.05, 0) is 89.6 Å². The predicted molar refractivity (Wildman–Crippen MR) is 218 cm³/mol. The minimum atomic E-state index is -1.77. The number of nitrogens with one attached hydrogen (secondary N) is 3. The maximum absolute atomic E-state index is 12.8. The number of nitrogen functional groups attached to an aromatic ring is 1. The minimum absolute atomic E-state index is 0.0814. The molecule has 2 heterocycles. The van der Waals surface area contributed by atoms with Gasteiger partial charge in [-0.25, -0.2) is 18.9 Å². The smallest absolute Gasteiger partial charge is 0.325 e. The number of esters is 1. The summed E-state index contributed by atoms with van der Waals surface area (Å²) in [6, 6.07) is 6.78. The molecule has 306 valence electrons. The van der Waals surface area contributed by atoms with Crippen LogP contribution < -0.4 is 25.6 Å². The lowest BCUT2D eigenvalue weighted by molar-refractivity contribution is -0.146. The van der Waals surface area contributed by atoms with Crippen LogP contribution in [-0.2, 0) is 18.8 Å². The van der Waals surface area contributed by atoms with E-state index in [0.717, 1.165) is 13.5 Å². The molecular formula is C35H58ClF2N8O6PS. The standard InChI is InChI=1S/C23H34ClN8O5PS.C9H14F2.C2H6.CH4O/c1-14(32-13-26-18-19(29-31-39-6)27-22(25)28-20(18)32)11-17(34-4)12-36-38(30-23(2,3)21(33)35-5)37-16-9-7-15(24)8-10-16;1-4-5-6-9(11)7(2)8(3)10;2*1-2/h7-10,13-14,17,30-31H,11-12H2,1-6H3,(H3,25,27,28,29);5-6,8H,4H2,1-3H3;1-2H3;2H,1H3/b;6-5-,9-7+;;. The van der Waals surface area contributed by atoms with Crippen molar-refractivity contribution in [2.75, 3.05) is 45.4 Å². The Morgan fingerprint density at radius 2 is 1.81 bits per heavy atom. The zero-order chi connectivity index (χ0) is 41.4. The van der Waals surface area contributed by atoms with Gasteiger partial charge in [-0.1, -0.05) is 50.4 Å². The summed E-state index contributed by atoms with van der Waals surface area (Å²) in [6.07, 6.45) is 6.35. The van der Waals surface area contributed by atoms with Crippen LogP contribution in [0.25, 0.3) is 11.2 Å². The van der Waals surface area contributed by atoms with Gasteiger partial charge >= 0.3 is 14.5 Å². The Balaban J connectivity index is 0.00000159. The van der Waals surface area contributed by atoms with Crippen LogP contribution in [0.4, 0.5) is 20.5 Å². The number of methoxy groups -OCH3 is 2. The van der Waals surface area contributed by atoms with E-state index >= 15 is 0 Å². The number of anilines is 2. The van der Waals surface area contributed by atoms with E-state index in [1.54, 1.807) is 57.6 Å². The number of hydrazine groups is 1. The molecule has 2 aromatic heterocycles. The average Bonchev–Trinajstić information content (AvgIpc) is 3.60. The first kappa shape index (κ1) is 50.9. The van der Waals surface area contributed by atoms with E-state index in [1.807, 2.05) is 38.5 Å². The molecule has 3 aromatic rings. The van der Waals surface area contributed by atoms with Crippen LogP contribution in [0.3, 0.4) is 0 Å². The molecule has 0 aliphatic heterocycles. The highest BCUT2D eigenvalue weighted by Gasteiger charge is 2.34. The molecule has 0 radical (unpaired) electrons. The maximum atomic E-state index is 12.8. The van der Waals surface area contributed by atoms with Crippen LogP contribution in [0, 0.1) is 0 Å². The Morgan fingerprint density at radius 1 is 1.19 bits per heavy atom. The molecule has 3 rings (SSSR count). The van der Waals surface area contributed by atoms with Crippen molar-refractivity contribution in [1.82, 2.24) is 29.4 Å². The number of imidazole rings is 1. The topological polar surface area (TPSA) is 180 Å². The molecular weight excluding hydrogens is 765 g/mol. The summed E-state index contributed by atoms with van der Waals surface area (Å²) in [6.45, 7) is 14.3. The fourth-order valence-electron chi connectivity index (χ4n) is 4.06. The van der Waals surface area contributed by atoms with E-state index in [0.29, 0.717) is 34.2 Å². The number of hydrogen-bond acceptors (Lipinski definition) is 14. The molecule has 14 nitrogen and oxygen atoms in total. The van der Waals surface area contributed by atoms with Gasteiger partial charge in [-0.2, -0.15) is 14.8 Å². The quantitative estimate of drug-likeness (QED) is 0.0272. The molecule has 0 saturated heterocycles. The lowest BCUT2D eigenvalue weighted by atomic mass is 10.1. The second-order valence-corrected chi connectivity index (χ2v) is 13.6. The van der Waals surface area contributed by atoms with E-state index in [4.69, 9.17) is 41.0 Å². The van der Waals surface area contributed by atoms with Gasteiger partial charge in [0.1, 0.15) is 23.3 Å². The zero-order valence-corrected chi connectivity index (χ0v) is 35.7. The summed E-state index contributed by atoms with van der Waals surface area (Å²) >= 11 is 7.38. The lowest BCUT2D eigenvalue weighted by Crippen LogP contribution is -2.45. The minimum Gasteiger partial charge on any atom is -0.468 e. The Bertz CT molecular complexity index is 1570. The number of nitrogens with two attached hydrogens (primary N) is 1. The molecule has 19 heteroatoms. The van der Waals surface area contributed by atoms with Crippen molar-refractivity contribution < 1.29 is 37.2 Å². The van der Waals surface area contributed by atoms with Crippen LogP contribution in [0.5, 0.6) is 5.75 Å². The van der Waals surface area contributed by atoms with E-state index in [9.17, 15) is 13.6 Å². The molecule has 54 heavy (non-hydrogen) atoms. The summed E-state index contributed by atoms with van der Waals surface area (Å²) < 4.78 is 49.9. The predicted octanol–water partition coefficient (Wildman–Crippen LogP) is 8.28. The second-order valence-electron chi connectivity index (χ2n) is 11.4. The molecule has 4 atom stereocenters. The molecule has 6 N–H and O–H groups in total. The first-order valence-electron chi connectivity index (χ1n) is 17.1. The van der Waals surface area contributed by atoms with Crippen LogP contribution >= 0.6 is 32.1 Å². The molecule has 0 spiro atoms. The Labute approximate surface area is 329 Å². The third kappa shape index (κ3) is 17.5. The molecule has 0 fully saturated rings. The number of carbonyl (C=O) groups excluding carboxylic acids is 1. The van der Waals surface area contributed by atoms with Gasteiger partial charge in [0, 0.05) is 25.3 Å². The summed E-state index contributed by atoms with van der Waals surface area (Å²) in [5, 5.41) is 10.7. The number of hydrogen-bond donors (Lipinski definition) is 5. The SMILES string of the molecule is CC.CC/C=C\C(F)=C(\C)C(C)F.CO.COC(=O)C(C)(C)NP(OCC(CC(C)n1cnc2c(NNSC)nc(N)nc21)OC)Oc1ccc(Cl)cc1. The summed E-state index contributed by atoms with van der Waals surface area (Å²) in [5.74, 6) is 0.224. The number of carbonyl (C=O) groups is 1. The summed E-state index contributed by atoms with van der Waals surface area (Å²) in [4.78, 5) is 28.3. The van der Waals surface area contributed by atoms with Crippen molar-refractivity contribution in [3.8, 4) is 5.75 Å². The lowest BCUT2D eigenvalue weighted by Gasteiger charge is -2.29. The van der Waals surface area contributed by atoms with Gasteiger partial charge in [0.25, 0.3) is 0 Å². The molecule has 4 unspecified atom stereocenters. The van der Waals surface area contributed by atoms with Crippen molar-refractivity contribution in [3.63, 3.8) is 0 Å². The first-order valence-corrected chi connectivity index (χ1v) is 19.9. The van der Waals surface area contributed by atoms with Gasteiger partial charge < -0.3 is 33.9 Å². The van der Waals surface area contributed by atoms with Crippen molar-refractivity contribution in [1.29, 1.82) is 0 Å². The highest BCUT2D eigenvalue weighted by atomic mass is 35.5. The van der Waals surface area contributed by atoms with Gasteiger partial charge in [-0.15, -0.1) is 0 Å². The number of nitrogens with zero attached hydrogens (tertiary/aromatic N) is 4. The van der Waals surface area contributed by atoms with Crippen LogP contribution in [-0.4, -0.2) is 82.6 Å². The Kier molecular flexibility index (Phi) is 25.8. The third-order valence-corrected chi connectivity index (χ3v) is 9.10. The number of fused-ring (bicyclic) bond motifs is 1. The number of aliphatic hydroxyl groups excluding tert-OH is 1. The van der Waals surface area contributed by atoms with Crippen molar-refractivity contribution in [3.05, 3.63) is 59.2 Å². The molecule has 0 saturated carbocycles. The number of halogens is 3. The normalized spacial score (nSPS) is 13.9. The zero-order valence-electron chi connectivity index (χ0n) is 33.2. The highest BCUT2D eigenvalue weighted by molar-refractivity contribution is 7.96. The molecule has 0 bridgehead atoms. The Morgan fingerprint density at radius 3 is 2.35 bits per heavy atom. The maximum Gasteiger partial charge on any atom is 0.325 e. The van der Waals surface area contributed by atoms with Gasteiger partial charge in [-0.3, -0.25) is 10.2 Å². The van der Waals surface area contributed by atoms with E-state index < -0.39 is 32.0 Å². The van der Waals surface area contributed by atoms with Crippen LogP contribution in [0.1, 0.15) is 74.3 Å². The number of rotatable bonds is 18. The van der Waals surface area contributed by atoms with E-state index in [1.165, 1.54) is 39.0 Å². The second kappa shape index (κ2) is 27.4. The van der Waals surface area contributed by atoms with E-state index in [2.05, 4.69) is 30.3 Å². The van der Waals surface area contributed by atoms with Crippen LogP contribution in [0.2, 0.25) is 5.02 Å². The first-order chi connectivity index (χ1) is 25.7. The number of ether oxygens (including phenoxy) is 2. The van der Waals surface area contributed by atoms with Crippen LogP contribution in [0.15, 0.2) is 54.1 Å². The fraction of sp³-hybridized carbons (Fsp3) is 0.543. The summed E-state index contributed by atoms with van der Waals surface area (Å²) in [7, 11) is 2.16. The van der Waals surface area contributed by atoms with Gasteiger partial charge in [0.05, 0.1) is 26.1 Å². The fourth-order valence-corrected chi connectivity index (χ4v) is 5.71. The number of alkyl halides is 1. The number of allylic oxidation sites excluding steroid dienone is 4. The molecule has 0 amide bonds. The van der Waals surface area contributed by atoms with E-state index in [-0.39, 0.29) is 30.3 Å². The highest BCUT2D eigenvalue weighted by Crippen LogP contribution is 2.39. The van der Waals surface area contributed by atoms with Crippen molar-refractivity contribution in [2.24, 2.45) is 0 Å². The van der Waals surface area contributed by atoms with Crippen molar-refractivity contribution in [2.45, 2.75) is 92.1 Å².